The van der Waals surface area contributed by atoms with Gasteiger partial charge in [0.05, 0.1) is 5.02 Å². The predicted molar refractivity (Wildman–Crippen MR) is 80.7 cm³/mol. The normalized spacial score (nSPS) is 10.4. The first-order valence-corrected chi connectivity index (χ1v) is 6.59. The Balaban J connectivity index is 2.69. The quantitative estimate of drug-likeness (QED) is 0.847. The van der Waals surface area contributed by atoms with Crippen LogP contribution in [0.2, 0.25) is 5.02 Å². The van der Waals surface area contributed by atoms with E-state index in [1.807, 2.05) is 13.8 Å². The molecule has 0 unspecified atom stereocenters. The van der Waals surface area contributed by atoms with Gasteiger partial charge in [0, 0.05) is 18.7 Å². The maximum absolute atomic E-state index is 11.8. The smallest absolute Gasteiger partial charge is 0.260 e. The summed E-state index contributed by atoms with van der Waals surface area (Å²) in [5.41, 5.74) is 6.16. The van der Waals surface area contributed by atoms with Crippen molar-refractivity contribution in [3.05, 3.63) is 28.8 Å². The Bertz CT molecular complexity index is 492. The Morgan fingerprint density at radius 1 is 1.53 bits per heavy atom. The van der Waals surface area contributed by atoms with Crippen molar-refractivity contribution in [2.45, 2.75) is 19.9 Å². The molecule has 4 nitrogen and oxygen atoms in total. The van der Waals surface area contributed by atoms with Gasteiger partial charge in [-0.2, -0.15) is 0 Å². The average Bonchev–Trinajstić information content (AvgIpc) is 2.35. The van der Waals surface area contributed by atoms with Crippen LogP contribution in [0.15, 0.2) is 18.2 Å². The number of nitrogens with zero attached hydrogens (tertiary/aromatic N) is 1. The van der Waals surface area contributed by atoms with E-state index in [0.29, 0.717) is 16.3 Å². The lowest BCUT2D eigenvalue weighted by Crippen LogP contribution is -2.36. The second-order valence-electron chi connectivity index (χ2n) is 4.40. The number of ether oxygens (including phenoxy) is 1. The number of likely N-dealkylation sites (N-methyl/N-ethyl adjacent to an activating group) is 1. The molecule has 6 heteroatoms. The number of hydrogen-bond donors (Lipinski definition) is 1. The van der Waals surface area contributed by atoms with Crippen LogP contribution in [0.3, 0.4) is 0 Å². The third kappa shape index (κ3) is 4.36. The Hall–Kier alpha value is -1.33. The fraction of sp³-hybridized carbons (Fsp3) is 0.385. The van der Waals surface area contributed by atoms with Crippen molar-refractivity contribution in [2.75, 3.05) is 13.7 Å². The van der Waals surface area contributed by atoms with Crippen LogP contribution in [-0.4, -0.2) is 35.5 Å². The fourth-order valence-electron chi connectivity index (χ4n) is 1.30. The standard InChI is InChI=1S/C13H17ClN2O2S/c1-8(2)16(3)12(17)7-18-11-5-4-9(13(15)19)6-10(11)14/h4-6,8H,7H2,1-3H3,(H2,15,19). The number of nitrogens with two attached hydrogens (primary N) is 1. The Morgan fingerprint density at radius 2 is 2.16 bits per heavy atom. The van der Waals surface area contributed by atoms with E-state index < -0.39 is 0 Å². The molecule has 0 atom stereocenters. The lowest BCUT2D eigenvalue weighted by atomic mass is 10.2. The van der Waals surface area contributed by atoms with Gasteiger partial charge in [-0.1, -0.05) is 23.8 Å². The number of thiocarbonyl (C=S) groups is 1. The molecule has 0 spiro atoms. The largest absolute Gasteiger partial charge is 0.482 e. The molecule has 0 saturated carbocycles. The number of rotatable bonds is 5. The minimum absolute atomic E-state index is 0.0547. The van der Waals surface area contributed by atoms with Crippen molar-refractivity contribution in [1.29, 1.82) is 0 Å². The highest BCUT2D eigenvalue weighted by Gasteiger charge is 2.13. The van der Waals surface area contributed by atoms with Gasteiger partial charge in [-0.15, -0.1) is 0 Å². The Morgan fingerprint density at radius 3 is 2.63 bits per heavy atom. The molecule has 0 aliphatic carbocycles. The van der Waals surface area contributed by atoms with Crippen LogP contribution in [0, 0.1) is 0 Å². The Labute approximate surface area is 123 Å². The van der Waals surface area contributed by atoms with Gasteiger partial charge in [0.25, 0.3) is 5.91 Å². The van der Waals surface area contributed by atoms with Crippen LogP contribution < -0.4 is 10.5 Å². The molecule has 0 fully saturated rings. The van der Waals surface area contributed by atoms with Crippen molar-refractivity contribution >= 4 is 34.7 Å². The molecule has 0 aliphatic rings. The Kier molecular flexibility index (Phi) is 5.57. The summed E-state index contributed by atoms with van der Waals surface area (Å²) in [6.07, 6.45) is 0. The number of carbonyl (C=O) groups is 1. The van der Waals surface area contributed by atoms with Gasteiger partial charge in [-0.25, -0.2) is 0 Å². The van der Waals surface area contributed by atoms with Crippen molar-refractivity contribution in [3.63, 3.8) is 0 Å². The van der Waals surface area contributed by atoms with Crippen LogP contribution in [0.25, 0.3) is 0 Å². The molecule has 0 radical (unpaired) electrons. The van der Waals surface area contributed by atoms with E-state index in [1.165, 1.54) is 0 Å². The summed E-state index contributed by atoms with van der Waals surface area (Å²) in [6, 6.07) is 5.11. The van der Waals surface area contributed by atoms with Crippen LogP contribution in [0.1, 0.15) is 19.4 Å². The van der Waals surface area contributed by atoms with E-state index >= 15 is 0 Å². The molecular weight excluding hydrogens is 284 g/mol. The zero-order valence-corrected chi connectivity index (χ0v) is 12.7. The zero-order valence-electron chi connectivity index (χ0n) is 11.1. The van der Waals surface area contributed by atoms with Gasteiger partial charge < -0.3 is 15.4 Å². The average molecular weight is 301 g/mol. The first kappa shape index (κ1) is 15.7. The van der Waals surface area contributed by atoms with Crippen molar-refractivity contribution < 1.29 is 9.53 Å². The summed E-state index contributed by atoms with van der Waals surface area (Å²) in [7, 11) is 1.73. The summed E-state index contributed by atoms with van der Waals surface area (Å²) in [4.78, 5) is 13.6. The molecule has 0 aromatic heterocycles. The molecular formula is C13H17ClN2O2S. The van der Waals surface area contributed by atoms with Gasteiger partial charge in [0.1, 0.15) is 10.7 Å². The van der Waals surface area contributed by atoms with Crippen molar-refractivity contribution in [3.8, 4) is 5.75 Å². The minimum Gasteiger partial charge on any atom is -0.482 e. The number of benzene rings is 1. The number of amides is 1. The van der Waals surface area contributed by atoms with Gasteiger partial charge in [-0.3, -0.25) is 4.79 Å². The predicted octanol–water partition coefficient (Wildman–Crippen LogP) is 2.22. The monoisotopic (exact) mass is 300 g/mol. The maximum Gasteiger partial charge on any atom is 0.260 e. The highest BCUT2D eigenvalue weighted by atomic mass is 35.5. The van der Waals surface area contributed by atoms with E-state index in [9.17, 15) is 4.79 Å². The molecule has 19 heavy (non-hydrogen) atoms. The van der Waals surface area contributed by atoms with E-state index in [-0.39, 0.29) is 23.5 Å². The summed E-state index contributed by atoms with van der Waals surface area (Å²) in [5, 5.41) is 0.380. The molecule has 2 N–H and O–H groups in total. The van der Waals surface area contributed by atoms with Crippen molar-refractivity contribution in [2.24, 2.45) is 5.73 Å². The summed E-state index contributed by atoms with van der Waals surface area (Å²) in [6.45, 7) is 3.81. The number of carbonyl (C=O) groups excluding carboxylic acids is 1. The van der Waals surface area contributed by atoms with Crippen molar-refractivity contribution in [1.82, 2.24) is 4.90 Å². The minimum atomic E-state index is -0.107. The SMILES string of the molecule is CC(C)N(C)C(=O)COc1ccc(C(N)=S)cc1Cl. The number of halogens is 1. The molecule has 1 aromatic rings. The summed E-state index contributed by atoms with van der Waals surface area (Å²) >= 11 is 10.9. The topological polar surface area (TPSA) is 55.6 Å². The molecule has 0 saturated heterocycles. The second-order valence-corrected chi connectivity index (χ2v) is 5.24. The molecule has 0 heterocycles. The maximum atomic E-state index is 11.8. The van der Waals surface area contributed by atoms with Crippen LogP contribution in [0.4, 0.5) is 0 Å². The molecule has 1 rings (SSSR count). The third-order valence-electron chi connectivity index (χ3n) is 2.74. The molecule has 0 bridgehead atoms. The lowest BCUT2D eigenvalue weighted by Gasteiger charge is -2.21. The summed E-state index contributed by atoms with van der Waals surface area (Å²) in [5.74, 6) is 0.330. The van der Waals surface area contributed by atoms with E-state index in [1.54, 1.807) is 30.1 Å². The fourth-order valence-corrected chi connectivity index (χ4v) is 1.66. The van der Waals surface area contributed by atoms with Gasteiger partial charge in [0.15, 0.2) is 6.61 Å². The molecule has 1 amide bonds. The second kappa shape index (κ2) is 6.73. The van der Waals surface area contributed by atoms with Crippen LogP contribution in [0.5, 0.6) is 5.75 Å². The highest BCUT2D eigenvalue weighted by molar-refractivity contribution is 7.80. The molecule has 0 aliphatic heterocycles. The van der Waals surface area contributed by atoms with E-state index in [2.05, 4.69) is 0 Å². The number of hydrogen-bond acceptors (Lipinski definition) is 3. The van der Waals surface area contributed by atoms with Gasteiger partial charge in [0.2, 0.25) is 0 Å². The zero-order chi connectivity index (χ0) is 14.6. The molecule has 104 valence electrons. The first-order valence-electron chi connectivity index (χ1n) is 5.80. The lowest BCUT2D eigenvalue weighted by molar-refractivity contribution is -0.133. The van der Waals surface area contributed by atoms with E-state index in [4.69, 9.17) is 34.3 Å². The molecule has 1 aromatic carbocycles. The summed E-state index contributed by atoms with van der Waals surface area (Å²) < 4.78 is 5.40. The van der Waals surface area contributed by atoms with E-state index in [0.717, 1.165) is 0 Å². The highest BCUT2D eigenvalue weighted by Crippen LogP contribution is 2.25. The van der Waals surface area contributed by atoms with Gasteiger partial charge >= 0.3 is 0 Å². The third-order valence-corrected chi connectivity index (χ3v) is 3.27. The van der Waals surface area contributed by atoms with Crippen LogP contribution >= 0.6 is 23.8 Å². The van der Waals surface area contributed by atoms with Crippen LogP contribution in [-0.2, 0) is 4.79 Å². The van der Waals surface area contributed by atoms with Gasteiger partial charge in [-0.05, 0) is 32.0 Å². The first-order chi connectivity index (χ1) is 8.82.